The molecular formula is C10H15F2N3O4S2. The Balaban J connectivity index is 2.66. The van der Waals surface area contributed by atoms with Gasteiger partial charge in [0.15, 0.2) is 0 Å². The Hall–Kier alpha value is -1.14. The largest absolute Gasteiger partial charge is 0.278 e. The summed E-state index contributed by atoms with van der Waals surface area (Å²) < 4.78 is 77.4. The van der Waals surface area contributed by atoms with Gasteiger partial charge in [0.05, 0.1) is 0 Å². The van der Waals surface area contributed by atoms with Crippen LogP contribution < -0.4 is 9.44 Å². The molecule has 0 saturated carbocycles. The second kappa shape index (κ2) is 6.75. The summed E-state index contributed by atoms with van der Waals surface area (Å²) in [5.41, 5.74) is 0. The van der Waals surface area contributed by atoms with Crippen LogP contribution in [0, 0.1) is 11.6 Å². The van der Waals surface area contributed by atoms with Gasteiger partial charge in [-0.3, -0.25) is 0 Å². The first-order valence-corrected chi connectivity index (χ1v) is 8.60. The van der Waals surface area contributed by atoms with Crippen molar-refractivity contribution in [2.24, 2.45) is 0 Å². The minimum atomic E-state index is -4.19. The number of benzene rings is 1. The highest BCUT2D eigenvalue weighted by molar-refractivity contribution is 7.89. The normalized spacial score (nSPS) is 12.8. The van der Waals surface area contributed by atoms with E-state index < -0.39 is 36.8 Å². The Kier molecular flexibility index (Phi) is 5.75. The Labute approximate surface area is 122 Å². The molecule has 0 bridgehead atoms. The maximum absolute atomic E-state index is 13.4. The number of hydrogen-bond acceptors (Lipinski definition) is 4. The lowest BCUT2D eigenvalue weighted by Crippen LogP contribution is -2.40. The van der Waals surface area contributed by atoms with Crippen LogP contribution in [0.3, 0.4) is 0 Å². The van der Waals surface area contributed by atoms with Crippen molar-refractivity contribution in [2.75, 3.05) is 27.2 Å². The van der Waals surface area contributed by atoms with Crippen LogP contribution in [0.2, 0.25) is 0 Å². The van der Waals surface area contributed by atoms with E-state index in [0.717, 1.165) is 16.4 Å². The first kappa shape index (κ1) is 17.9. The number of hydrogen-bond donors (Lipinski definition) is 2. The minimum absolute atomic E-state index is 0.220. The van der Waals surface area contributed by atoms with Gasteiger partial charge in [-0.15, -0.1) is 0 Å². The molecule has 7 nitrogen and oxygen atoms in total. The molecule has 21 heavy (non-hydrogen) atoms. The molecule has 0 unspecified atom stereocenters. The molecule has 0 aliphatic rings. The maximum atomic E-state index is 13.4. The van der Waals surface area contributed by atoms with E-state index in [1.807, 2.05) is 4.72 Å². The molecule has 120 valence electrons. The van der Waals surface area contributed by atoms with Gasteiger partial charge in [0, 0.05) is 33.3 Å². The van der Waals surface area contributed by atoms with E-state index in [2.05, 4.69) is 4.72 Å². The Bertz CT molecular complexity index is 705. The maximum Gasteiger partial charge on any atom is 0.278 e. The summed E-state index contributed by atoms with van der Waals surface area (Å²) in [7, 11) is -5.24. The summed E-state index contributed by atoms with van der Waals surface area (Å²) in [5.74, 6) is -2.12. The average molecular weight is 343 g/mol. The van der Waals surface area contributed by atoms with Crippen LogP contribution in [0.4, 0.5) is 8.78 Å². The van der Waals surface area contributed by atoms with Crippen molar-refractivity contribution in [1.29, 1.82) is 0 Å². The molecule has 11 heteroatoms. The van der Waals surface area contributed by atoms with Crippen LogP contribution in [0.25, 0.3) is 0 Å². The Morgan fingerprint density at radius 1 is 1.05 bits per heavy atom. The van der Waals surface area contributed by atoms with Gasteiger partial charge in [-0.2, -0.15) is 12.7 Å². The summed E-state index contributed by atoms with van der Waals surface area (Å²) >= 11 is 0. The number of sulfonamides is 1. The molecule has 0 aliphatic heterocycles. The lowest BCUT2D eigenvalue weighted by molar-refractivity contribution is 0.504. The van der Waals surface area contributed by atoms with Gasteiger partial charge in [0.2, 0.25) is 10.0 Å². The van der Waals surface area contributed by atoms with Gasteiger partial charge >= 0.3 is 0 Å². The lowest BCUT2D eigenvalue weighted by Gasteiger charge is -2.12. The standard InChI is InChI=1S/C10H15F2N3O4S2/c1-15(2)21(18,19)14-6-5-13-20(16,17)10-4-3-8(11)7-9(10)12/h3-4,7,13-14H,5-6H2,1-2H3. The quantitative estimate of drug-likeness (QED) is 0.661. The van der Waals surface area contributed by atoms with Crippen LogP contribution in [-0.2, 0) is 20.2 Å². The van der Waals surface area contributed by atoms with Crippen molar-refractivity contribution >= 4 is 20.2 Å². The highest BCUT2D eigenvalue weighted by Gasteiger charge is 2.19. The molecule has 0 fully saturated rings. The predicted molar refractivity (Wildman–Crippen MR) is 72.2 cm³/mol. The van der Waals surface area contributed by atoms with Crippen LogP contribution in [0.5, 0.6) is 0 Å². The molecular weight excluding hydrogens is 328 g/mol. The highest BCUT2D eigenvalue weighted by Crippen LogP contribution is 2.14. The molecule has 2 N–H and O–H groups in total. The lowest BCUT2D eigenvalue weighted by atomic mass is 10.3. The van der Waals surface area contributed by atoms with E-state index in [4.69, 9.17) is 0 Å². The van der Waals surface area contributed by atoms with Crippen LogP contribution in [0.15, 0.2) is 23.1 Å². The van der Waals surface area contributed by atoms with E-state index >= 15 is 0 Å². The predicted octanol–water partition coefficient (Wildman–Crippen LogP) is -0.361. The fraction of sp³-hybridized carbons (Fsp3) is 0.400. The highest BCUT2D eigenvalue weighted by atomic mass is 32.2. The Morgan fingerprint density at radius 2 is 1.62 bits per heavy atom. The van der Waals surface area contributed by atoms with Crippen molar-refractivity contribution in [3.63, 3.8) is 0 Å². The zero-order chi connectivity index (χ0) is 16.3. The molecule has 0 atom stereocenters. The van der Waals surface area contributed by atoms with Gasteiger partial charge in [-0.05, 0) is 12.1 Å². The van der Waals surface area contributed by atoms with Crippen LogP contribution >= 0.6 is 0 Å². The summed E-state index contributed by atoms with van der Waals surface area (Å²) in [4.78, 5) is -0.709. The molecule has 0 spiro atoms. The molecule has 0 aromatic heterocycles. The number of nitrogens with one attached hydrogen (secondary N) is 2. The summed E-state index contributed by atoms with van der Waals surface area (Å²) in [5, 5.41) is 0. The molecule has 0 aliphatic carbocycles. The van der Waals surface area contributed by atoms with E-state index in [9.17, 15) is 25.6 Å². The van der Waals surface area contributed by atoms with Gasteiger partial charge in [-0.1, -0.05) is 0 Å². The third-order valence-electron chi connectivity index (χ3n) is 2.37. The SMILES string of the molecule is CN(C)S(=O)(=O)NCCNS(=O)(=O)c1ccc(F)cc1F. The van der Waals surface area contributed by atoms with Crippen molar-refractivity contribution in [3.05, 3.63) is 29.8 Å². The van der Waals surface area contributed by atoms with Gasteiger partial charge in [0.25, 0.3) is 10.2 Å². The molecule has 0 radical (unpaired) electrons. The van der Waals surface area contributed by atoms with E-state index in [-0.39, 0.29) is 13.1 Å². The first-order chi connectivity index (χ1) is 9.56. The fourth-order valence-corrected chi connectivity index (χ4v) is 2.97. The molecule has 0 saturated heterocycles. The molecule has 0 heterocycles. The van der Waals surface area contributed by atoms with E-state index in [1.165, 1.54) is 14.1 Å². The van der Waals surface area contributed by atoms with E-state index in [1.54, 1.807) is 0 Å². The second-order valence-corrected chi connectivity index (χ2v) is 7.86. The zero-order valence-electron chi connectivity index (χ0n) is 11.3. The van der Waals surface area contributed by atoms with Crippen molar-refractivity contribution < 1.29 is 25.6 Å². The third-order valence-corrected chi connectivity index (χ3v) is 5.39. The van der Waals surface area contributed by atoms with Crippen LogP contribution in [0.1, 0.15) is 0 Å². The van der Waals surface area contributed by atoms with Gasteiger partial charge in [-0.25, -0.2) is 26.6 Å². The van der Waals surface area contributed by atoms with Crippen molar-refractivity contribution in [1.82, 2.24) is 13.7 Å². The van der Waals surface area contributed by atoms with Gasteiger partial charge in [0.1, 0.15) is 16.5 Å². The summed E-state index contributed by atoms with van der Waals surface area (Å²) in [6.45, 7) is -0.505. The number of rotatable bonds is 7. The fourth-order valence-electron chi connectivity index (χ4n) is 1.27. The molecule has 1 aromatic rings. The third kappa shape index (κ3) is 4.97. The van der Waals surface area contributed by atoms with E-state index in [0.29, 0.717) is 6.07 Å². The van der Waals surface area contributed by atoms with Crippen molar-refractivity contribution in [2.45, 2.75) is 4.90 Å². The van der Waals surface area contributed by atoms with Crippen LogP contribution in [-0.4, -0.2) is 48.3 Å². The average Bonchev–Trinajstić information content (AvgIpc) is 2.34. The number of halogens is 2. The first-order valence-electron chi connectivity index (χ1n) is 5.68. The Morgan fingerprint density at radius 3 is 2.14 bits per heavy atom. The monoisotopic (exact) mass is 343 g/mol. The van der Waals surface area contributed by atoms with Gasteiger partial charge < -0.3 is 0 Å². The summed E-state index contributed by atoms with van der Waals surface area (Å²) in [6.07, 6.45) is 0. The topological polar surface area (TPSA) is 95.6 Å². The number of nitrogens with zero attached hydrogens (tertiary/aromatic N) is 1. The summed E-state index contributed by atoms with van der Waals surface area (Å²) in [6, 6.07) is 2.05. The van der Waals surface area contributed by atoms with Crippen molar-refractivity contribution in [3.8, 4) is 0 Å². The smallest absolute Gasteiger partial charge is 0.210 e. The molecule has 1 aromatic carbocycles. The molecule has 1 rings (SSSR count). The minimum Gasteiger partial charge on any atom is -0.210 e. The second-order valence-electron chi connectivity index (χ2n) is 4.15. The molecule has 0 amide bonds. The zero-order valence-corrected chi connectivity index (χ0v) is 12.9.